The van der Waals surface area contributed by atoms with Crippen molar-refractivity contribution in [3.63, 3.8) is 0 Å². The smallest absolute Gasteiger partial charge is 0.106 e. The van der Waals surface area contributed by atoms with Crippen LogP contribution in [0.25, 0.3) is 0 Å². The Bertz CT molecular complexity index is 182. The summed E-state index contributed by atoms with van der Waals surface area (Å²) in [6.45, 7) is 0.733. The van der Waals surface area contributed by atoms with E-state index in [1.165, 1.54) is 0 Å². The number of hydrogen-bond acceptors (Lipinski definition) is 2. The van der Waals surface area contributed by atoms with Crippen LogP contribution in [0.5, 0.6) is 0 Å². The summed E-state index contributed by atoms with van der Waals surface area (Å²) in [5.74, 6) is 0. The first-order valence-electron chi connectivity index (χ1n) is 3.40. The van der Waals surface area contributed by atoms with Crippen LogP contribution in [-0.2, 0) is 4.74 Å². The molecule has 2 heteroatoms. The Hall–Kier alpha value is -1.02. The highest BCUT2D eigenvalue weighted by Gasteiger charge is 1.75. The van der Waals surface area contributed by atoms with Gasteiger partial charge in [-0.25, -0.2) is 0 Å². The zero-order chi connectivity index (χ0) is 7.78. The van der Waals surface area contributed by atoms with E-state index < -0.39 is 0 Å². The third-order valence-electron chi connectivity index (χ3n) is 1.04. The third-order valence-corrected chi connectivity index (χ3v) is 1.67. The first-order chi connectivity index (χ1) is 5.50. The predicted octanol–water partition coefficient (Wildman–Crippen LogP) is 2.83. The molecule has 0 aromatic carbocycles. The van der Waals surface area contributed by atoms with E-state index in [1.807, 2.05) is 41.1 Å². The van der Waals surface area contributed by atoms with Crippen LogP contribution in [0, 0.1) is 0 Å². The van der Waals surface area contributed by atoms with E-state index in [0.717, 1.165) is 6.61 Å². The minimum absolute atomic E-state index is 0.733. The molecule has 11 heavy (non-hydrogen) atoms. The molecule has 2 rings (SSSR count). The standard InChI is InChI=1S/C5H6O.C4H4S/c1-2-4-6-5-3-1;1-2-4-5-3-1/h1-4H,5H2;1-4H. The van der Waals surface area contributed by atoms with Crippen LogP contribution in [-0.4, -0.2) is 6.61 Å². The summed E-state index contributed by atoms with van der Waals surface area (Å²) in [5.41, 5.74) is 0. The van der Waals surface area contributed by atoms with Gasteiger partial charge in [-0.3, -0.25) is 0 Å². The number of rotatable bonds is 0. The van der Waals surface area contributed by atoms with Crippen molar-refractivity contribution in [1.82, 2.24) is 0 Å². The molecule has 1 aliphatic rings. The SMILES string of the molecule is C1=CCOC=C1.c1ccsc1. The van der Waals surface area contributed by atoms with Crippen molar-refractivity contribution >= 4 is 11.3 Å². The number of thiophene rings is 1. The van der Waals surface area contributed by atoms with Gasteiger partial charge in [0.2, 0.25) is 0 Å². The second kappa shape index (κ2) is 5.74. The first-order valence-corrected chi connectivity index (χ1v) is 4.35. The molecule has 1 nitrogen and oxygen atoms in total. The van der Waals surface area contributed by atoms with Crippen LogP contribution in [0.4, 0.5) is 0 Å². The minimum atomic E-state index is 0.733. The Labute approximate surface area is 70.6 Å². The van der Waals surface area contributed by atoms with Crippen LogP contribution in [0.2, 0.25) is 0 Å². The highest BCUT2D eigenvalue weighted by atomic mass is 32.1. The zero-order valence-corrected chi connectivity index (χ0v) is 6.96. The van der Waals surface area contributed by atoms with E-state index in [-0.39, 0.29) is 0 Å². The normalized spacial score (nSPS) is 13.1. The fourth-order valence-corrected chi connectivity index (χ4v) is 1.03. The maximum atomic E-state index is 4.80. The summed E-state index contributed by atoms with van der Waals surface area (Å²) in [4.78, 5) is 0. The summed E-state index contributed by atoms with van der Waals surface area (Å²) in [6, 6.07) is 4.04. The average Bonchev–Trinajstić information content (AvgIpc) is 2.64. The van der Waals surface area contributed by atoms with Crippen LogP contribution >= 0.6 is 11.3 Å². The van der Waals surface area contributed by atoms with Crippen molar-refractivity contribution in [2.24, 2.45) is 0 Å². The molecule has 0 amide bonds. The van der Waals surface area contributed by atoms with E-state index >= 15 is 0 Å². The van der Waals surface area contributed by atoms with Crippen LogP contribution in [0.15, 0.2) is 47.4 Å². The van der Waals surface area contributed by atoms with Crippen LogP contribution in [0.3, 0.4) is 0 Å². The molecule has 0 bridgehead atoms. The highest BCUT2D eigenvalue weighted by molar-refractivity contribution is 7.07. The molecule has 0 unspecified atom stereocenters. The van der Waals surface area contributed by atoms with E-state index in [0.29, 0.717) is 0 Å². The van der Waals surface area contributed by atoms with Crippen molar-refractivity contribution in [1.29, 1.82) is 0 Å². The molecule has 2 heterocycles. The van der Waals surface area contributed by atoms with E-state index in [4.69, 9.17) is 4.74 Å². The molecule has 0 saturated heterocycles. The maximum absolute atomic E-state index is 4.80. The molecule has 1 aromatic heterocycles. The quantitative estimate of drug-likeness (QED) is 0.576. The van der Waals surface area contributed by atoms with Gasteiger partial charge in [0.1, 0.15) is 6.61 Å². The summed E-state index contributed by atoms with van der Waals surface area (Å²) in [7, 11) is 0. The van der Waals surface area contributed by atoms with Gasteiger partial charge in [0.25, 0.3) is 0 Å². The lowest BCUT2D eigenvalue weighted by molar-refractivity contribution is 0.286. The summed E-state index contributed by atoms with van der Waals surface area (Å²) in [6.07, 6.45) is 7.47. The Morgan fingerprint density at radius 3 is 2.09 bits per heavy atom. The monoisotopic (exact) mass is 166 g/mol. The second-order valence-corrected chi connectivity index (χ2v) is 2.70. The number of allylic oxidation sites excluding steroid dienone is 2. The van der Waals surface area contributed by atoms with Gasteiger partial charge in [-0.1, -0.05) is 18.2 Å². The topological polar surface area (TPSA) is 9.23 Å². The fourth-order valence-electron chi connectivity index (χ4n) is 0.573. The average molecular weight is 166 g/mol. The van der Waals surface area contributed by atoms with Gasteiger partial charge in [-0.15, -0.1) is 0 Å². The van der Waals surface area contributed by atoms with E-state index in [1.54, 1.807) is 17.6 Å². The van der Waals surface area contributed by atoms with E-state index in [9.17, 15) is 0 Å². The van der Waals surface area contributed by atoms with Gasteiger partial charge in [0.15, 0.2) is 0 Å². The Morgan fingerprint density at radius 2 is 1.91 bits per heavy atom. The van der Waals surface area contributed by atoms with Crippen LogP contribution in [0.1, 0.15) is 0 Å². The lowest BCUT2D eigenvalue weighted by Crippen LogP contribution is -1.82. The van der Waals surface area contributed by atoms with Crippen molar-refractivity contribution in [2.75, 3.05) is 6.61 Å². The van der Waals surface area contributed by atoms with Crippen molar-refractivity contribution in [2.45, 2.75) is 0 Å². The van der Waals surface area contributed by atoms with Crippen LogP contribution < -0.4 is 0 Å². The molecule has 0 saturated carbocycles. The molecular weight excluding hydrogens is 156 g/mol. The summed E-state index contributed by atoms with van der Waals surface area (Å²) >= 11 is 1.71. The summed E-state index contributed by atoms with van der Waals surface area (Å²) < 4.78 is 4.80. The Kier molecular flexibility index (Phi) is 4.22. The first kappa shape index (κ1) is 8.08. The molecular formula is C9H10OS. The largest absolute Gasteiger partial charge is 0.497 e. The van der Waals surface area contributed by atoms with Crippen molar-refractivity contribution in [3.8, 4) is 0 Å². The minimum Gasteiger partial charge on any atom is -0.497 e. The van der Waals surface area contributed by atoms with Gasteiger partial charge >= 0.3 is 0 Å². The molecule has 0 spiro atoms. The highest BCUT2D eigenvalue weighted by Crippen LogP contribution is 1.91. The molecule has 0 atom stereocenters. The molecule has 0 radical (unpaired) electrons. The molecule has 1 aliphatic heterocycles. The predicted molar refractivity (Wildman–Crippen MR) is 48.6 cm³/mol. The Morgan fingerprint density at radius 1 is 1.09 bits per heavy atom. The van der Waals surface area contributed by atoms with Gasteiger partial charge in [-0.05, 0) is 22.9 Å². The van der Waals surface area contributed by atoms with Gasteiger partial charge in [-0.2, -0.15) is 11.3 Å². The number of ether oxygens (including phenoxy) is 1. The molecule has 0 N–H and O–H groups in total. The molecule has 58 valence electrons. The second-order valence-electron chi connectivity index (χ2n) is 1.88. The van der Waals surface area contributed by atoms with E-state index in [2.05, 4.69) is 0 Å². The van der Waals surface area contributed by atoms with Crippen molar-refractivity contribution in [3.05, 3.63) is 47.4 Å². The third kappa shape index (κ3) is 4.39. The zero-order valence-electron chi connectivity index (χ0n) is 6.14. The van der Waals surface area contributed by atoms with Gasteiger partial charge < -0.3 is 4.74 Å². The fraction of sp³-hybridized carbons (Fsp3) is 0.111. The maximum Gasteiger partial charge on any atom is 0.106 e. The summed E-state index contributed by atoms with van der Waals surface area (Å²) in [5, 5.41) is 4.08. The molecule has 0 fully saturated rings. The number of hydrogen-bond donors (Lipinski definition) is 0. The molecule has 1 aromatic rings. The van der Waals surface area contributed by atoms with Gasteiger partial charge in [0, 0.05) is 0 Å². The lowest BCUT2D eigenvalue weighted by atomic mass is 10.5. The van der Waals surface area contributed by atoms with Crippen molar-refractivity contribution < 1.29 is 4.74 Å². The lowest BCUT2D eigenvalue weighted by Gasteiger charge is -1.94. The van der Waals surface area contributed by atoms with Gasteiger partial charge in [0.05, 0.1) is 6.26 Å². The molecule has 0 aliphatic carbocycles. The Balaban J connectivity index is 0.000000112.